The molecule has 0 spiro atoms. The SMILES string of the molecule is Nc1cc(OCc2ccccc2)c2ccccc2c1-c1ccccc1. The highest BCUT2D eigenvalue weighted by Crippen LogP contribution is 2.39. The molecule has 0 saturated carbocycles. The van der Waals surface area contributed by atoms with Crippen molar-refractivity contribution in [1.29, 1.82) is 0 Å². The van der Waals surface area contributed by atoms with Crippen molar-refractivity contribution in [1.82, 2.24) is 0 Å². The molecule has 0 fully saturated rings. The molecule has 0 aliphatic carbocycles. The van der Waals surface area contributed by atoms with Crippen molar-refractivity contribution in [3.8, 4) is 16.9 Å². The van der Waals surface area contributed by atoms with Gasteiger partial charge in [0, 0.05) is 22.7 Å². The molecule has 25 heavy (non-hydrogen) atoms. The molecular formula is C23H19NO. The lowest BCUT2D eigenvalue weighted by molar-refractivity contribution is 0.310. The lowest BCUT2D eigenvalue weighted by atomic mass is 9.96. The first-order chi connectivity index (χ1) is 12.3. The van der Waals surface area contributed by atoms with Crippen molar-refractivity contribution in [3.05, 3.63) is 96.6 Å². The molecule has 0 amide bonds. The second-order valence-electron chi connectivity index (χ2n) is 6.02. The Balaban J connectivity index is 1.79. The molecule has 4 aromatic rings. The molecule has 0 unspecified atom stereocenters. The molecule has 0 aromatic heterocycles. The molecule has 0 atom stereocenters. The van der Waals surface area contributed by atoms with E-state index in [1.165, 1.54) is 0 Å². The van der Waals surface area contributed by atoms with Gasteiger partial charge in [-0.3, -0.25) is 0 Å². The average Bonchev–Trinajstić information content (AvgIpc) is 2.67. The fraction of sp³-hybridized carbons (Fsp3) is 0.0435. The number of hydrogen-bond donors (Lipinski definition) is 1. The van der Waals surface area contributed by atoms with E-state index >= 15 is 0 Å². The smallest absolute Gasteiger partial charge is 0.129 e. The molecule has 122 valence electrons. The Morgan fingerprint density at radius 2 is 1.28 bits per heavy atom. The molecule has 0 bridgehead atoms. The zero-order valence-corrected chi connectivity index (χ0v) is 13.9. The fourth-order valence-electron chi connectivity index (χ4n) is 3.14. The summed E-state index contributed by atoms with van der Waals surface area (Å²) in [4.78, 5) is 0. The van der Waals surface area contributed by atoms with Crippen LogP contribution in [0.15, 0.2) is 91.0 Å². The summed E-state index contributed by atoms with van der Waals surface area (Å²) in [6.45, 7) is 0.523. The number of nitrogens with two attached hydrogens (primary N) is 1. The van der Waals surface area contributed by atoms with Crippen LogP contribution in [0.25, 0.3) is 21.9 Å². The molecule has 2 heteroatoms. The summed E-state index contributed by atoms with van der Waals surface area (Å²) in [6.07, 6.45) is 0. The van der Waals surface area contributed by atoms with Crippen LogP contribution in [0.2, 0.25) is 0 Å². The summed E-state index contributed by atoms with van der Waals surface area (Å²) in [5, 5.41) is 2.18. The standard InChI is InChI=1S/C23H19NO/c24-21-15-22(25-16-17-9-3-1-4-10-17)19-13-7-8-14-20(19)23(21)18-11-5-2-6-12-18/h1-15H,16,24H2. The Morgan fingerprint density at radius 3 is 2.00 bits per heavy atom. The topological polar surface area (TPSA) is 35.2 Å². The third-order valence-corrected chi connectivity index (χ3v) is 4.34. The highest BCUT2D eigenvalue weighted by atomic mass is 16.5. The molecule has 2 N–H and O–H groups in total. The number of fused-ring (bicyclic) bond motifs is 1. The van der Waals surface area contributed by atoms with Crippen LogP contribution in [-0.2, 0) is 6.61 Å². The van der Waals surface area contributed by atoms with Crippen LogP contribution in [0, 0.1) is 0 Å². The maximum atomic E-state index is 6.41. The van der Waals surface area contributed by atoms with Crippen molar-refractivity contribution in [2.24, 2.45) is 0 Å². The Labute approximate surface area is 147 Å². The highest BCUT2D eigenvalue weighted by Gasteiger charge is 2.12. The first kappa shape index (κ1) is 15.3. The van der Waals surface area contributed by atoms with Gasteiger partial charge in [-0.1, -0.05) is 84.9 Å². The van der Waals surface area contributed by atoms with Crippen LogP contribution >= 0.6 is 0 Å². The van der Waals surface area contributed by atoms with Crippen molar-refractivity contribution in [2.75, 3.05) is 5.73 Å². The minimum atomic E-state index is 0.523. The quantitative estimate of drug-likeness (QED) is 0.491. The van der Waals surface area contributed by atoms with E-state index < -0.39 is 0 Å². The molecule has 0 aliphatic heterocycles. The van der Waals surface area contributed by atoms with Crippen LogP contribution in [0.4, 0.5) is 5.69 Å². The molecular weight excluding hydrogens is 306 g/mol. The van der Waals surface area contributed by atoms with Gasteiger partial charge in [-0.05, 0) is 16.5 Å². The van der Waals surface area contributed by atoms with Gasteiger partial charge in [0.25, 0.3) is 0 Å². The van der Waals surface area contributed by atoms with Crippen LogP contribution < -0.4 is 10.5 Å². The predicted octanol–water partition coefficient (Wildman–Crippen LogP) is 5.67. The first-order valence-corrected chi connectivity index (χ1v) is 8.36. The summed E-state index contributed by atoms with van der Waals surface area (Å²) in [5.41, 5.74) is 10.4. The molecule has 0 aliphatic rings. The lowest BCUT2D eigenvalue weighted by Gasteiger charge is -2.15. The third-order valence-electron chi connectivity index (χ3n) is 4.34. The maximum Gasteiger partial charge on any atom is 0.129 e. The van der Waals surface area contributed by atoms with Gasteiger partial charge < -0.3 is 10.5 Å². The van der Waals surface area contributed by atoms with E-state index in [0.717, 1.165) is 38.9 Å². The van der Waals surface area contributed by atoms with Gasteiger partial charge in [-0.15, -0.1) is 0 Å². The van der Waals surface area contributed by atoms with Crippen molar-refractivity contribution >= 4 is 16.5 Å². The number of nitrogen functional groups attached to an aromatic ring is 1. The molecule has 4 aromatic carbocycles. The molecule has 2 nitrogen and oxygen atoms in total. The average molecular weight is 325 g/mol. The van der Waals surface area contributed by atoms with Crippen molar-refractivity contribution in [2.45, 2.75) is 6.61 Å². The summed E-state index contributed by atoms with van der Waals surface area (Å²) in [7, 11) is 0. The summed E-state index contributed by atoms with van der Waals surface area (Å²) >= 11 is 0. The van der Waals surface area contributed by atoms with E-state index in [0.29, 0.717) is 6.61 Å². The first-order valence-electron chi connectivity index (χ1n) is 8.36. The number of rotatable bonds is 4. The lowest BCUT2D eigenvalue weighted by Crippen LogP contribution is -1.99. The monoisotopic (exact) mass is 325 g/mol. The minimum Gasteiger partial charge on any atom is -0.488 e. The van der Waals surface area contributed by atoms with E-state index in [9.17, 15) is 0 Å². The number of hydrogen-bond acceptors (Lipinski definition) is 2. The molecule has 0 radical (unpaired) electrons. The van der Waals surface area contributed by atoms with E-state index in [4.69, 9.17) is 10.5 Å². The largest absolute Gasteiger partial charge is 0.488 e. The second-order valence-corrected chi connectivity index (χ2v) is 6.02. The van der Waals surface area contributed by atoms with Gasteiger partial charge in [0.2, 0.25) is 0 Å². The third kappa shape index (κ3) is 3.07. The zero-order chi connectivity index (χ0) is 17.1. The maximum absolute atomic E-state index is 6.41. The minimum absolute atomic E-state index is 0.523. The van der Waals surface area contributed by atoms with E-state index in [1.54, 1.807) is 0 Å². The Kier molecular flexibility index (Phi) is 4.09. The number of benzene rings is 4. The van der Waals surface area contributed by atoms with Gasteiger partial charge in [0.1, 0.15) is 12.4 Å². The Hall–Kier alpha value is -3.26. The van der Waals surface area contributed by atoms with Crippen molar-refractivity contribution in [3.63, 3.8) is 0 Å². The van der Waals surface area contributed by atoms with Crippen molar-refractivity contribution < 1.29 is 4.74 Å². The highest BCUT2D eigenvalue weighted by molar-refractivity contribution is 6.05. The molecule has 4 rings (SSSR count). The van der Waals surface area contributed by atoms with Crippen LogP contribution in [0.3, 0.4) is 0 Å². The molecule has 0 saturated heterocycles. The number of anilines is 1. The van der Waals surface area contributed by atoms with E-state index in [2.05, 4.69) is 36.4 Å². The second kappa shape index (κ2) is 6.70. The van der Waals surface area contributed by atoms with Crippen LogP contribution in [0.5, 0.6) is 5.75 Å². The van der Waals surface area contributed by atoms with Gasteiger partial charge in [-0.2, -0.15) is 0 Å². The summed E-state index contributed by atoms with van der Waals surface area (Å²) in [5.74, 6) is 0.816. The normalized spacial score (nSPS) is 10.7. The predicted molar refractivity (Wildman–Crippen MR) is 105 cm³/mol. The Bertz CT molecular complexity index is 994. The van der Waals surface area contributed by atoms with Gasteiger partial charge in [0.15, 0.2) is 0 Å². The Morgan fingerprint density at radius 1 is 0.680 bits per heavy atom. The zero-order valence-electron chi connectivity index (χ0n) is 13.9. The molecule has 0 heterocycles. The van der Waals surface area contributed by atoms with Gasteiger partial charge >= 0.3 is 0 Å². The van der Waals surface area contributed by atoms with Gasteiger partial charge in [-0.25, -0.2) is 0 Å². The van der Waals surface area contributed by atoms with Crippen LogP contribution in [0.1, 0.15) is 5.56 Å². The summed E-state index contributed by atoms with van der Waals surface area (Å²) in [6, 6.07) is 30.6. The number of ether oxygens (including phenoxy) is 1. The van der Waals surface area contributed by atoms with Crippen LogP contribution in [-0.4, -0.2) is 0 Å². The van der Waals surface area contributed by atoms with E-state index in [-0.39, 0.29) is 0 Å². The van der Waals surface area contributed by atoms with E-state index in [1.807, 2.05) is 54.6 Å². The fourth-order valence-corrected chi connectivity index (χ4v) is 3.14. The summed E-state index contributed by atoms with van der Waals surface area (Å²) < 4.78 is 6.10. The van der Waals surface area contributed by atoms with Gasteiger partial charge in [0.05, 0.1) is 0 Å².